The summed E-state index contributed by atoms with van der Waals surface area (Å²) in [4.78, 5) is 4.13. The van der Waals surface area contributed by atoms with Crippen LogP contribution in [0.25, 0.3) is 0 Å². The van der Waals surface area contributed by atoms with Crippen LogP contribution in [0.2, 0.25) is 0 Å². The van der Waals surface area contributed by atoms with E-state index >= 15 is 0 Å². The second-order valence-corrected chi connectivity index (χ2v) is 4.32. The van der Waals surface area contributed by atoms with Crippen molar-refractivity contribution in [2.75, 3.05) is 35.7 Å². The molecule has 0 spiro atoms. The van der Waals surface area contributed by atoms with Gasteiger partial charge in [0.05, 0.1) is 0 Å². The molecule has 0 aliphatic carbocycles. The van der Waals surface area contributed by atoms with Gasteiger partial charge in [-0.3, -0.25) is 0 Å². The molecule has 0 saturated heterocycles. The lowest BCUT2D eigenvalue weighted by Crippen LogP contribution is -2.06. The summed E-state index contributed by atoms with van der Waals surface area (Å²) in [6, 6.07) is 3.58. The highest BCUT2D eigenvalue weighted by atomic mass is 32.2. The average Bonchev–Trinajstić information content (AvgIpc) is 2.23. The summed E-state index contributed by atoms with van der Waals surface area (Å²) in [6.45, 7) is 1.14. The highest BCUT2D eigenvalue weighted by Gasteiger charge is 1.93. The molecule has 0 aliphatic heterocycles. The largest absolute Gasteiger partial charge is 0.399 e. The van der Waals surface area contributed by atoms with Crippen molar-refractivity contribution in [3.05, 3.63) is 18.3 Å². The molecule has 4 N–H and O–H groups in total. The molecule has 15 heavy (non-hydrogen) atoms. The molecule has 0 aliphatic rings. The molecule has 0 atom stereocenters. The minimum absolute atomic E-state index is 0.275. The fraction of sp³-hybridized carbons (Fsp3) is 0.500. The maximum absolute atomic E-state index is 8.58. The zero-order chi connectivity index (χ0) is 10.9. The number of aliphatic hydroxyl groups is 1. The van der Waals surface area contributed by atoms with Gasteiger partial charge in [-0.05, 0) is 18.2 Å². The Hall–Kier alpha value is -0.940. The van der Waals surface area contributed by atoms with E-state index in [1.165, 1.54) is 0 Å². The first kappa shape index (κ1) is 12.1. The number of pyridine rings is 1. The average molecular weight is 227 g/mol. The SMILES string of the molecule is Nc1ccnc(NCCSCCCO)c1. The second-order valence-electron chi connectivity index (χ2n) is 3.09. The van der Waals surface area contributed by atoms with Crippen molar-refractivity contribution in [2.45, 2.75) is 6.42 Å². The van der Waals surface area contributed by atoms with Crippen LogP contribution in [0.1, 0.15) is 6.42 Å². The number of hydrogen-bond donors (Lipinski definition) is 3. The maximum atomic E-state index is 8.58. The van der Waals surface area contributed by atoms with E-state index in [0.29, 0.717) is 0 Å². The van der Waals surface area contributed by atoms with Crippen molar-refractivity contribution in [1.82, 2.24) is 4.98 Å². The molecular weight excluding hydrogens is 210 g/mol. The van der Waals surface area contributed by atoms with Crippen LogP contribution in [0, 0.1) is 0 Å². The molecule has 0 amide bonds. The summed E-state index contributed by atoms with van der Waals surface area (Å²) < 4.78 is 0. The van der Waals surface area contributed by atoms with E-state index in [2.05, 4.69) is 10.3 Å². The third kappa shape index (κ3) is 5.49. The van der Waals surface area contributed by atoms with Gasteiger partial charge in [0.25, 0.3) is 0 Å². The van der Waals surface area contributed by atoms with Crippen molar-refractivity contribution in [3.63, 3.8) is 0 Å². The van der Waals surface area contributed by atoms with Crippen LogP contribution in [-0.4, -0.2) is 34.7 Å². The highest BCUT2D eigenvalue weighted by molar-refractivity contribution is 7.99. The van der Waals surface area contributed by atoms with Crippen LogP contribution in [0.15, 0.2) is 18.3 Å². The van der Waals surface area contributed by atoms with Gasteiger partial charge in [-0.15, -0.1) is 0 Å². The molecule has 0 fully saturated rings. The smallest absolute Gasteiger partial charge is 0.127 e. The quantitative estimate of drug-likeness (QED) is 0.610. The lowest BCUT2D eigenvalue weighted by Gasteiger charge is -2.05. The number of aromatic nitrogens is 1. The number of nitrogens with one attached hydrogen (secondary N) is 1. The third-order valence-electron chi connectivity index (χ3n) is 1.78. The maximum Gasteiger partial charge on any atom is 0.127 e. The van der Waals surface area contributed by atoms with Crippen molar-refractivity contribution in [1.29, 1.82) is 0 Å². The van der Waals surface area contributed by atoms with Crippen molar-refractivity contribution in [2.24, 2.45) is 0 Å². The van der Waals surface area contributed by atoms with Crippen molar-refractivity contribution in [3.8, 4) is 0 Å². The van der Waals surface area contributed by atoms with Gasteiger partial charge in [-0.1, -0.05) is 0 Å². The number of nitrogens with zero attached hydrogens (tertiary/aromatic N) is 1. The molecule has 1 heterocycles. The molecule has 1 aromatic rings. The van der Waals surface area contributed by atoms with E-state index in [1.54, 1.807) is 12.3 Å². The van der Waals surface area contributed by atoms with E-state index in [-0.39, 0.29) is 6.61 Å². The molecule has 84 valence electrons. The Morgan fingerprint density at radius 2 is 2.33 bits per heavy atom. The fourth-order valence-electron chi connectivity index (χ4n) is 1.06. The molecular formula is C10H17N3OS. The summed E-state index contributed by atoms with van der Waals surface area (Å²) in [5.74, 6) is 2.83. The molecule has 0 radical (unpaired) electrons. The van der Waals surface area contributed by atoms with E-state index in [4.69, 9.17) is 10.8 Å². The van der Waals surface area contributed by atoms with Crippen LogP contribution in [0.3, 0.4) is 0 Å². The standard InChI is InChI=1S/C10H17N3OS/c11-9-2-3-12-10(8-9)13-4-7-15-6-1-5-14/h2-3,8,14H,1,4-7H2,(H3,11,12,13). The summed E-state index contributed by atoms with van der Waals surface area (Å²) in [7, 11) is 0. The minimum Gasteiger partial charge on any atom is -0.399 e. The Morgan fingerprint density at radius 3 is 3.07 bits per heavy atom. The summed E-state index contributed by atoms with van der Waals surface area (Å²) in [5, 5.41) is 11.8. The predicted octanol–water partition coefficient (Wildman–Crippen LogP) is 1.19. The van der Waals surface area contributed by atoms with Crippen LogP contribution in [-0.2, 0) is 0 Å². The van der Waals surface area contributed by atoms with Crippen molar-refractivity contribution < 1.29 is 5.11 Å². The number of anilines is 2. The fourth-order valence-corrected chi connectivity index (χ4v) is 1.85. The molecule has 0 bridgehead atoms. The van der Waals surface area contributed by atoms with E-state index in [9.17, 15) is 0 Å². The molecule has 1 aromatic heterocycles. The first-order valence-electron chi connectivity index (χ1n) is 4.97. The molecule has 0 unspecified atom stereocenters. The third-order valence-corrected chi connectivity index (χ3v) is 2.85. The summed E-state index contributed by atoms with van der Waals surface area (Å²) in [5.41, 5.74) is 6.34. The number of nitrogens with two attached hydrogens (primary N) is 1. The van der Waals surface area contributed by atoms with Crippen molar-refractivity contribution >= 4 is 23.3 Å². The zero-order valence-electron chi connectivity index (χ0n) is 8.65. The number of rotatable bonds is 7. The second kappa shape index (κ2) is 7.36. The monoisotopic (exact) mass is 227 g/mol. The van der Waals surface area contributed by atoms with E-state index in [0.717, 1.165) is 36.0 Å². The molecule has 1 rings (SSSR count). The van der Waals surface area contributed by atoms with Gasteiger partial charge in [0.15, 0.2) is 0 Å². The number of nitrogen functional groups attached to an aromatic ring is 1. The van der Waals surface area contributed by atoms with Gasteiger partial charge in [0, 0.05) is 36.9 Å². The van der Waals surface area contributed by atoms with Gasteiger partial charge >= 0.3 is 0 Å². The molecule has 0 saturated carbocycles. The van der Waals surface area contributed by atoms with Gasteiger partial charge in [0.2, 0.25) is 0 Å². The zero-order valence-corrected chi connectivity index (χ0v) is 9.46. The predicted molar refractivity (Wildman–Crippen MR) is 66.2 cm³/mol. The Balaban J connectivity index is 2.10. The molecule has 0 aromatic carbocycles. The minimum atomic E-state index is 0.275. The Bertz CT molecular complexity index is 283. The van der Waals surface area contributed by atoms with Gasteiger partial charge in [0.1, 0.15) is 5.82 Å². The van der Waals surface area contributed by atoms with Crippen LogP contribution >= 0.6 is 11.8 Å². The highest BCUT2D eigenvalue weighted by Crippen LogP contribution is 2.08. The first-order valence-corrected chi connectivity index (χ1v) is 6.12. The van der Waals surface area contributed by atoms with Gasteiger partial charge < -0.3 is 16.2 Å². The molecule has 4 nitrogen and oxygen atoms in total. The lowest BCUT2D eigenvalue weighted by atomic mass is 10.4. The summed E-state index contributed by atoms with van der Waals surface area (Å²) in [6.07, 6.45) is 2.55. The number of aliphatic hydroxyl groups excluding tert-OH is 1. The Kier molecular flexibility index (Phi) is 5.96. The van der Waals surface area contributed by atoms with Crippen LogP contribution in [0.5, 0.6) is 0 Å². The normalized spacial score (nSPS) is 10.2. The Labute approximate surface area is 94.3 Å². The van der Waals surface area contributed by atoms with Crippen LogP contribution in [0.4, 0.5) is 11.5 Å². The lowest BCUT2D eigenvalue weighted by molar-refractivity contribution is 0.296. The van der Waals surface area contributed by atoms with E-state index < -0.39 is 0 Å². The molecule has 5 heteroatoms. The van der Waals surface area contributed by atoms with Gasteiger partial charge in [-0.25, -0.2) is 4.98 Å². The topological polar surface area (TPSA) is 71.2 Å². The van der Waals surface area contributed by atoms with Crippen LogP contribution < -0.4 is 11.1 Å². The number of thioether (sulfide) groups is 1. The Morgan fingerprint density at radius 1 is 1.47 bits per heavy atom. The first-order chi connectivity index (χ1) is 7.33. The number of hydrogen-bond acceptors (Lipinski definition) is 5. The summed E-state index contributed by atoms with van der Waals surface area (Å²) >= 11 is 1.82. The van der Waals surface area contributed by atoms with E-state index in [1.807, 2.05) is 17.8 Å². The van der Waals surface area contributed by atoms with Gasteiger partial charge in [-0.2, -0.15) is 11.8 Å².